The number of halogens is 1. The van der Waals surface area contributed by atoms with Crippen molar-refractivity contribution in [2.75, 3.05) is 12.3 Å². The Morgan fingerprint density at radius 3 is 2.63 bits per heavy atom. The number of fused-ring (bicyclic) bond motifs is 2. The summed E-state index contributed by atoms with van der Waals surface area (Å²) < 4.78 is 26.8. The minimum Gasteiger partial charge on any atom is -0.298 e. The number of carbonyl (C=O) groups excluding carboxylic acids is 1. The predicted octanol–water partition coefficient (Wildman–Crippen LogP) is 1.86. The van der Waals surface area contributed by atoms with Crippen molar-refractivity contribution < 1.29 is 13.2 Å². The molecule has 19 heavy (non-hydrogen) atoms. The Morgan fingerprint density at radius 1 is 1.53 bits per heavy atom. The van der Waals surface area contributed by atoms with Gasteiger partial charge in [-0.05, 0) is 24.2 Å². The van der Waals surface area contributed by atoms with Gasteiger partial charge in [-0.1, -0.05) is 35.9 Å². The van der Waals surface area contributed by atoms with Crippen LogP contribution in [0.15, 0.2) is 12.7 Å². The summed E-state index contributed by atoms with van der Waals surface area (Å²) in [4.78, 5) is 12.1. The molecule has 2 bridgehead atoms. The van der Waals surface area contributed by atoms with E-state index in [4.69, 9.17) is 0 Å². The monoisotopic (exact) mass is 349 g/mol. The summed E-state index contributed by atoms with van der Waals surface area (Å²) in [5, 5.41) is 0. The van der Waals surface area contributed by atoms with Crippen molar-refractivity contribution in [2.45, 2.75) is 31.5 Å². The quantitative estimate of drug-likeness (QED) is 0.608. The van der Waals surface area contributed by atoms with Gasteiger partial charge in [-0.2, -0.15) is 0 Å². The maximum absolute atomic E-state index is 12.3. The van der Waals surface area contributed by atoms with Crippen LogP contribution in [-0.4, -0.2) is 31.3 Å². The third-order valence-corrected chi connectivity index (χ3v) is 7.76. The fourth-order valence-corrected chi connectivity index (χ4v) is 6.87. The van der Waals surface area contributed by atoms with Gasteiger partial charge >= 0.3 is 0 Å². The number of alkyl halides is 1. The van der Waals surface area contributed by atoms with E-state index in [1.807, 2.05) is 13.8 Å². The Hall–Kier alpha value is -0.200. The highest BCUT2D eigenvalue weighted by Gasteiger charge is 2.68. The van der Waals surface area contributed by atoms with Crippen molar-refractivity contribution in [1.82, 2.24) is 4.72 Å². The van der Waals surface area contributed by atoms with Crippen molar-refractivity contribution in [1.29, 1.82) is 0 Å². The number of carbonyl (C=O) groups is 1. The third-order valence-electron chi connectivity index (χ3n) is 5.12. The van der Waals surface area contributed by atoms with Crippen LogP contribution >= 0.6 is 15.9 Å². The highest BCUT2D eigenvalue weighted by atomic mass is 79.9. The van der Waals surface area contributed by atoms with Crippen LogP contribution in [0, 0.1) is 16.7 Å². The van der Waals surface area contributed by atoms with Crippen molar-refractivity contribution in [3.05, 3.63) is 12.7 Å². The third kappa shape index (κ3) is 2.12. The molecule has 6 heteroatoms. The summed E-state index contributed by atoms with van der Waals surface area (Å²) in [5.74, 6) is 0.263. The lowest BCUT2D eigenvalue weighted by atomic mass is 9.70. The molecule has 2 saturated carbocycles. The second-order valence-electron chi connectivity index (χ2n) is 6.06. The Bertz CT molecular complexity index is 518. The van der Waals surface area contributed by atoms with Crippen LogP contribution in [0.2, 0.25) is 0 Å². The minimum absolute atomic E-state index is 0.00282. The minimum atomic E-state index is -3.39. The van der Waals surface area contributed by atoms with Gasteiger partial charge in [-0.3, -0.25) is 4.79 Å². The van der Waals surface area contributed by atoms with E-state index in [9.17, 15) is 13.2 Å². The Labute approximate surface area is 123 Å². The molecule has 0 aromatic carbocycles. The van der Waals surface area contributed by atoms with E-state index in [-0.39, 0.29) is 28.8 Å². The summed E-state index contributed by atoms with van der Waals surface area (Å²) in [6.07, 6.45) is 3.21. The van der Waals surface area contributed by atoms with Gasteiger partial charge in [0.1, 0.15) is 0 Å². The van der Waals surface area contributed by atoms with Gasteiger partial charge in [0, 0.05) is 12.0 Å². The van der Waals surface area contributed by atoms with E-state index in [0.717, 1.165) is 12.8 Å². The van der Waals surface area contributed by atoms with Gasteiger partial charge < -0.3 is 0 Å². The van der Waals surface area contributed by atoms with Crippen LogP contribution < -0.4 is 4.72 Å². The average molecular weight is 350 g/mol. The highest BCUT2D eigenvalue weighted by Crippen LogP contribution is 2.65. The number of hydrogen-bond donors (Lipinski definition) is 1. The first-order valence-electron chi connectivity index (χ1n) is 6.44. The normalized spacial score (nSPS) is 41.7. The summed E-state index contributed by atoms with van der Waals surface area (Å²) in [5.41, 5.74) is -1.03. The number of nitrogens with one attached hydrogen (secondary N) is 1. The highest BCUT2D eigenvalue weighted by molar-refractivity contribution is 9.10. The van der Waals surface area contributed by atoms with Crippen LogP contribution in [0.4, 0.5) is 0 Å². The second kappa shape index (κ2) is 4.67. The van der Waals surface area contributed by atoms with E-state index < -0.39 is 20.9 Å². The molecule has 4 atom stereocenters. The average Bonchev–Trinajstić information content (AvgIpc) is 2.63. The molecule has 0 amide bonds. The predicted molar refractivity (Wildman–Crippen MR) is 78.6 cm³/mol. The maximum atomic E-state index is 12.3. The first-order chi connectivity index (χ1) is 8.68. The summed E-state index contributed by atoms with van der Waals surface area (Å²) in [6.45, 7) is 7.59. The molecule has 2 rings (SSSR count). The Kier molecular flexibility index (Phi) is 3.73. The molecule has 0 saturated heterocycles. The largest absolute Gasteiger partial charge is 0.298 e. The lowest BCUT2D eigenvalue weighted by Crippen LogP contribution is -2.43. The smallest absolute Gasteiger partial charge is 0.212 e. The number of ketones is 1. The zero-order chi connectivity index (χ0) is 14.5. The molecule has 0 radical (unpaired) electrons. The van der Waals surface area contributed by atoms with Gasteiger partial charge in [0.2, 0.25) is 10.0 Å². The van der Waals surface area contributed by atoms with Crippen molar-refractivity contribution in [3.63, 3.8) is 0 Å². The zero-order valence-corrected chi connectivity index (χ0v) is 13.7. The second-order valence-corrected chi connectivity index (χ2v) is 8.85. The molecule has 108 valence electrons. The molecule has 0 spiro atoms. The van der Waals surface area contributed by atoms with Crippen LogP contribution in [-0.2, 0) is 14.8 Å². The van der Waals surface area contributed by atoms with Crippen LogP contribution in [0.5, 0.6) is 0 Å². The van der Waals surface area contributed by atoms with Crippen LogP contribution in [0.25, 0.3) is 0 Å². The van der Waals surface area contributed by atoms with E-state index in [1.54, 1.807) is 0 Å². The molecule has 4 nitrogen and oxygen atoms in total. The lowest BCUT2D eigenvalue weighted by Gasteiger charge is -2.36. The van der Waals surface area contributed by atoms with Gasteiger partial charge in [0.25, 0.3) is 0 Å². The fraction of sp³-hybridized carbons (Fsp3) is 0.769. The van der Waals surface area contributed by atoms with E-state index in [1.165, 1.54) is 6.08 Å². The molecule has 0 heterocycles. The van der Waals surface area contributed by atoms with Crippen molar-refractivity contribution in [3.8, 4) is 0 Å². The van der Waals surface area contributed by atoms with Crippen molar-refractivity contribution >= 4 is 31.7 Å². The summed E-state index contributed by atoms with van der Waals surface area (Å²) in [7, 11) is -3.39. The molecule has 0 aliphatic heterocycles. The number of rotatable bonds is 5. The summed E-state index contributed by atoms with van der Waals surface area (Å²) >= 11 is 3.45. The molecule has 2 aliphatic carbocycles. The number of hydrogen-bond acceptors (Lipinski definition) is 3. The van der Waals surface area contributed by atoms with Crippen LogP contribution in [0.3, 0.4) is 0 Å². The fourth-order valence-electron chi connectivity index (χ4n) is 3.72. The Balaban J connectivity index is 2.29. The topological polar surface area (TPSA) is 63.2 Å². The number of Topliss-reactive ketones (excluding diaryl/α,β-unsaturated/α-hetero) is 1. The molecule has 1 N–H and O–H groups in total. The molecule has 0 aromatic rings. The first-order valence-corrected chi connectivity index (χ1v) is 9.01. The lowest BCUT2D eigenvalue weighted by molar-refractivity contribution is -0.127. The van der Waals surface area contributed by atoms with Gasteiger partial charge in [0.05, 0.1) is 10.6 Å². The van der Waals surface area contributed by atoms with Gasteiger partial charge in [0.15, 0.2) is 5.78 Å². The van der Waals surface area contributed by atoms with Crippen molar-refractivity contribution in [2.24, 2.45) is 16.7 Å². The molecular formula is C13H20BrNO3S. The molecular weight excluding hydrogens is 330 g/mol. The van der Waals surface area contributed by atoms with E-state index in [2.05, 4.69) is 27.2 Å². The molecule has 2 aliphatic rings. The van der Waals surface area contributed by atoms with E-state index >= 15 is 0 Å². The van der Waals surface area contributed by atoms with Crippen LogP contribution in [0.1, 0.15) is 26.7 Å². The Morgan fingerprint density at radius 2 is 2.16 bits per heavy atom. The van der Waals surface area contributed by atoms with Gasteiger partial charge in [-0.15, -0.1) is 6.58 Å². The maximum Gasteiger partial charge on any atom is 0.212 e. The number of sulfonamides is 1. The SMILES string of the molecule is C=CCNS(=O)(=O)CC1(C)C2CCC1(C)C(=O)C2Br. The van der Waals surface area contributed by atoms with Gasteiger partial charge in [-0.25, -0.2) is 13.1 Å². The molecule has 4 unspecified atom stereocenters. The summed E-state index contributed by atoms with van der Waals surface area (Å²) in [6, 6.07) is 0. The molecule has 2 fully saturated rings. The van der Waals surface area contributed by atoms with E-state index in [0.29, 0.717) is 0 Å². The molecule has 0 aromatic heterocycles. The standard InChI is InChI=1S/C13H20BrNO3S/c1-4-7-15-19(17,18)8-13(3)9-5-6-12(13,2)11(16)10(9)14/h4,9-10,15H,1,5-8H2,2-3H3. The first kappa shape index (κ1) is 15.2. The zero-order valence-electron chi connectivity index (χ0n) is 11.3.